The zero-order chi connectivity index (χ0) is 13.1. The van der Waals surface area contributed by atoms with E-state index in [0.29, 0.717) is 0 Å². The van der Waals surface area contributed by atoms with Crippen molar-refractivity contribution < 1.29 is 4.74 Å². The quantitative estimate of drug-likeness (QED) is 0.898. The summed E-state index contributed by atoms with van der Waals surface area (Å²) in [6, 6.07) is 6.98. The van der Waals surface area contributed by atoms with Crippen LogP contribution >= 0.6 is 0 Å². The molecule has 1 aromatic carbocycles. The lowest BCUT2D eigenvalue weighted by molar-refractivity contribution is 0.0968. The summed E-state index contributed by atoms with van der Waals surface area (Å²) in [4.78, 5) is 2.58. The number of piperidine rings is 1. The van der Waals surface area contributed by atoms with Crippen molar-refractivity contribution in [2.24, 2.45) is 5.92 Å². The van der Waals surface area contributed by atoms with Crippen molar-refractivity contribution in [1.29, 1.82) is 0 Å². The number of methoxy groups -OCH3 is 1. The van der Waals surface area contributed by atoms with E-state index < -0.39 is 0 Å². The molecule has 0 atom stereocenters. The van der Waals surface area contributed by atoms with Crippen molar-refractivity contribution in [1.82, 2.24) is 10.2 Å². The Hall–Kier alpha value is -0.900. The average molecular weight is 260 g/mol. The second kappa shape index (κ2) is 6.04. The standard InChI is InChI=1S/C16H24N2O/c1-19-12-13-4-6-18(7-5-13)11-14-2-3-15-9-17-10-16(15)8-14/h2-3,8,13,17H,4-7,9-12H2,1H3. The summed E-state index contributed by atoms with van der Waals surface area (Å²) in [6.45, 7) is 6.54. The molecule has 104 valence electrons. The number of hydrogen-bond donors (Lipinski definition) is 1. The van der Waals surface area contributed by atoms with Crippen molar-refractivity contribution >= 4 is 0 Å². The molecule has 0 radical (unpaired) electrons. The van der Waals surface area contributed by atoms with Crippen LogP contribution in [-0.4, -0.2) is 31.7 Å². The van der Waals surface area contributed by atoms with Gasteiger partial charge in [-0.25, -0.2) is 0 Å². The highest BCUT2D eigenvalue weighted by molar-refractivity contribution is 5.34. The largest absolute Gasteiger partial charge is 0.384 e. The van der Waals surface area contributed by atoms with Crippen molar-refractivity contribution in [3.8, 4) is 0 Å². The first-order chi connectivity index (χ1) is 9.35. The predicted molar refractivity (Wildman–Crippen MR) is 76.9 cm³/mol. The molecule has 0 bridgehead atoms. The molecule has 0 unspecified atom stereocenters. The molecule has 3 heteroatoms. The van der Waals surface area contributed by atoms with Crippen LogP contribution in [0.15, 0.2) is 18.2 Å². The third-order valence-electron chi connectivity index (χ3n) is 4.42. The van der Waals surface area contributed by atoms with Gasteiger partial charge in [0, 0.05) is 33.4 Å². The number of rotatable bonds is 4. The highest BCUT2D eigenvalue weighted by Gasteiger charge is 2.19. The number of hydrogen-bond acceptors (Lipinski definition) is 3. The summed E-state index contributed by atoms with van der Waals surface area (Å²) in [5.74, 6) is 0.769. The monoisotopic (exact) mass is 260 g/mol. The summed E-state index contributed by atoms with van der Waals surface area (Å²) in [5, 5.41) is 3.41. The van der Waals surface area contributed by atoms with E-state index in [4.69, 9.17) is 4.74 Å². The van der Waals surface area contributed by atoms with E-state index in [1.807, 2.05) is 7.11 Å². The summed E-state index contributed by atoms with van der Waals surface area (Å²) >= 11 is 0. The topological polar surface area (TPSA) is 24.5 Å². The first kappa shape index (κ1) is 13.1. The fourth-order valence-corrected chi connectivity index (χ4v) is 3.25. The Bertz CT molecular complexity index is 425. The zero-order valence-corrected chi connectivity index (χ0v) is 11.8. The Kier molecular flexibility index (Phi) is 4.16. The fourth-order valence-electron chi connectivity index (χ4n) is 3.25. The van der Waals surface area contributed by atoms with Gasteiger partial charge in [-0.2, -0.15) is 0 Å². The van der Waals surface area contributed by atoms with Gasteiger partial charge in [-0.3, -0.25) is 4.90 Å². The summed E-state index contributed by atoms with van der Waals surface area (Å²) in [5.41, 5.74) is 4.43. The molecular weight excluding hydrogens is 236 g/mol. The first-order valence-electron chi connectivity index (χ1n) is 7.38. The van der Waals surface area contributed by atoms with E-state index in [9.17, 15) is 0 Å². The van der Waals surface area contributed by atoms with Crippen LogP contribution in [-0.2, 0) is 24.4 Å². The van der Waals surface area contributed by atoms with Crippen LogP contribution in [0.4, 0.5) is 0 Å². The van der Waals surface area contributed by atoms with Gasteiger partial charge >= 0.3 is 0 Å². The van der Waals surface area contributed by atoms with Crippen LogP contribution in [0, 0.1) is 5.92 Å². The van der Waals surface area contributed by atoms with Gasteiger partial charge in [-0.05, 0) is 48.5 Å². The van der Waals surface area contributed by atoms with Gasteiger partial charge in [0.2, 0.25) is 0 Å². The number of likely N-dealkylation sites (tertiary alicyclic amines) is 1. The summed E-state index contributed by atoms with van der Waals surface area (Å²) in [6.07, 6.45) is 2.56. The Morgan fingerprint density at radius 2 is 2.00 bits per heavy atom. The molecule has 0 aliphatic carbocycles. The highest BCUT2D eigenvalue weighted by Crippen LogP contribution is 2.21. The van der Waals surface area contributed by atoms with Crippen molar-refractivity contribution in [3.63, 3.8) is 0 Å². The maximum atomic E-state index is 5.26. The molecule has 0 amide bonds. The van der Waals surface area contributed by atoms with Crippen molar-refractivity contribution in [2.75, 3.05) is 26.8 Å². The van der Waals surface area contributed by atoms with Crippen LogP contribution in [0.25, 0.3) is 0 Å². The predicted octanol–water partition coefficient (Wildman–Crippen LogP) is 2.15. The Morgan fingerprint density at radius 3 is 2.79 bits per heavy atom. The minimum Gasteiger partial charge on any atom is -0.384 e. The third-order valence-corrected chi connectivity index (χ3v) is 4.42. The van der Waals surface area contributed by atoms with Crippen molar-refractivity contribution in [3.05, 3.63) is 34.9 Å². The average Bonchev–Trinajstić information content (AvgIpc) is 2.89. The molecule has 2 aliphatic heterocycles. The van der Waals surface area contributed by atoms with Gasteiger partial charge < -0.3 is 10.1 Å². The maximum absolute atomic E-state index is 5.26. The molecule has 2 heterocycles. The normalized spacial score (nSPS) is 20.7. The van der Waals surface area contributed by atoms with E-state index in [-0.39, 0.29) is 0 Å². The zero-order valence-electron chi connectivity index (χ0n) is 11.8. The lowest BCUT2D eigenvalue weighted by Crippen LogP contribution is -2.34. The maximum Gasteiger partial charge on any atom is 0.0491 e. The molecule has 1 N–H and O–H groups in total. The SMILES string of the molecule is COCC1CCN(Cc2ccc3c(c2)CNC3)CC1. The van der Waals surface area contributed by atoms with Crippen molar-refractivity contribution in [2.45, 2.75) is 32.5 Å². The number of nitrogens with zero attached hydrogens (tertiary/aromatic N) is 1. The van der Waals surface area contributed by atoms with Crippen LogP contribution in [0.3, 0.4) is 0 Å². The molecule has 2 aliphatic rings. The van der Waals surface area contributed by atoms with Crippen LogP contribution in [0.2, 0.25) is 0 Å². The second-order valence-electron chi connectivity index (χ2n) is 5.88. The summed E-state index contributed by atoms with van der Waals surface area (Å²) < 4.78 is 5.26. The molecule has 0 saturated carbocycles. The Morgan fingerprint density at radius 1 is 1.21 bits per heavy atom. The van der Waals surface area contributed by atoms with Crippen LogP contribution in [0.5, 0.6) is 0 Å². The number of nitrogens with one attached hydrogen (secondary N) is 1. The van der Waals surface area contributed by atoms with Gasteiger partial charge in [-0.1, -0.05) is 18.2 Å². The van der Waals surface area contributed by atoms with Crippen LogP contribution in [0.1, 0.15) is 29.5 Å². The number of benzene rings is 1. The number of ether oxygens (including phenoxy) is 1. The van der Waals surface area contributed by atoms with Crippen LogP contribution < -0.4 is 5.32 Å². The number of fused-ring (bicyclic) bond motifs is 1. The fraction of sp³-hybridized carbons (Fsp3) is 0.625. The first-order valence-corrected chi connectivity index (χ1v) is 7.38. The molecule has 19 heavy (non-hydrogen) atoms. The Balaban J connectivity index is 1.55. The molecular formula is C16H24N2O. The third kappa shape index (κ3) is 3.16. The molecule has 0 aromatic heterocycles. The van der Waals surface area contributed by atoms with E-state index in [0.717, 1.165) is 32.2 Å². The lowest BCUT2D eigenvalue weighted by Gasteiger charge is -2.31. The lowest BCUT2D eigenvalue weighted by atomic mass is 9.97. The minimum absolute atomic E-state index is 0.769. The van der Waals surface area contributed by atoms with Gasteiger partial charge in [0.1, 0.15) is 0 Å². The van der Waals surface area contributed by atoms with E-state index in [2.05, 4.69) is 28.4 Å². The summed E-state index contributed by atoms with van der Waals surface area (Å²) in [7, 11) is 1.81. The second-order valence-corrected chi connectivity index (χ2v) is 5.88. The Labute approximate surface area is 115 Å². The minimum atomic E-state index is 0.769. The van der Waals surface area contributed by atoms with Gasteiger partial charge in [0.25, 0.3) is 0 Å². The van der Waals surface area contributed by atoms with E-state index >= 15 is 0 Å². The molecule has 1 saturated heterocycles. The van der Waals surface area contributed by atoms with Gasteiger partial charge in [0.05, 0.1) is 0 Å². The van der Waals surface area contributed by atoms with Gasteiger partial charge in [-0.15, -0.1) is 0 Å². The van der Waals surface area contributed by atoms with E-state index in [1.54, 1.807) is 0 Å². The smallest absolute Gasteiger partial charge is 0.0491 e. The molecule has 0 spiro atoms. The molecule has 1 aromatic rings. The highest BCUT2D eigenvalue weighted by atomic mass is 16.5. The molecule has 3 rings (SSSR count). The molecule has 1 fully saturated rings. The van der Waals surface area contributed by atoms with Gasteiger partial charge in [0.15, 0.2) is 0 Å². The van der Waals surface area contributed by atoms with E-state index in [1.165, 1.54) is 42.6 Å². The molecule has 3 nitrogen and oxygen atoms in total.